The van der Waals surface area contributed by atoms with Crippen LogP contribution >= 0.6 is 0 Å². The van der Waals surface area contributed by atoms with E-state index < -0.39 is 0 Å². The molecule has 82 valence electrons. The Bertz CT molecular complexity index is 188. The Morgan fingerprint density at radius 2 is 2.14 bits per heavy atom. The lowest BCUT2D eigenvalue weighted by atomic mass is 10.1. The summed E-state index contributed by atoms with van der Waals surface area (Å²) < 4.78 is 0. The predicted octanol–water partition coefficient (Wildman–Crippen LogP) is 1.41. The summed E-state index contributed by atoms with van der Waals surface area (Å²) >= 11 is 0. The summed E-state index contributed by atoms with van der Waals surface area (Å²) in [6.07, 6.45) is 6.02. The molecule has 0 aliphatic rings. The summed E-state index contributed by atoms with van der Waals surface area (Å²) in [5.41, 5.74) is 1.22. The topological polar surface area (TPSA) is 32.3 Å². The van der Waals surface area contributed by atoms with E-state index >= 15 is 0 Å². The van der Waals surface area contributed by atoms with Crippen molar-refractivity contribution in [1.29, 1.82) is 0 Å². The van der Waals surface area contributed by atoms with Crippen LogP contribution in [-0.2, 0) is 4.79 Å². The van der Waals surface area contributed by atoms with Crippen LogP contribution in [0.3, 0.4) is 0 Å². The van der Waals surface area contributed by atoms with Crippen LogP contribution in [0.25, 0.3) is 0 Å². The van der Waals surface area contributed by atoms with Gasteiger partial charge in [-0.2, -0.15) is 0 Å². The highest BCUT2D eigenvalue weighted by Gasteiger charge is 2.09. The molecule has 14 heavy (non-hydrogen) atoms. The van der Waals surface area contributed by atoms with Crippen molar-refractivity contribution >= 4 is 6.29 Å². The van der Waals surface area contributed by atoms with Gasteiger partial charge in [0.25, 0.3) is 0 Å². The summed E-state index contributed by atoms with van der Waals surface area (Å²) in [7, 11) is 5.79. The second-order valence-corrected chi connectivity index (χ2v) is 3.59. The molecular formula is C11H22N2O. The van der Waals surface area contributed by atoms with Gasteiger partial charge in [-0.05, 0) is 33.4 Å². The lowest BCUT2D eigenvalue weighted by molar-refractivity contribution is -0.111. The fourth-order valence-corrected chi connectivity index (χ4v) is 1.33. The Morgan fingerprint density at radius 3 is 2.50 bits per heavy atom. The predicted molar refractivity (Wildman–Crippen MR) is 60.2 cm³/mol. The van der Waals surface area contributed by atoms with Gasteiger partial charge in [0.15, 0.2) is 0 Å². The maximum atomic E-state index is 10.7. The number of aldehydes is 1. The van der Waals surface area contributed by atoms with Crippen molar-refractivity contribution in [1.82, 2.24) is 10.2 Å². The minimum absolute atomic E-state index is 0.0311. The molecule has 0 amide bonds. The van der Waals surface area contributed by atoms with Crippen LogP contribution in [0.2, 0.25) is 0 Å². The molecule has 0 heterocycles. The molecule has 0 aliphatic heterocycles. The molecule has 0 bridgehead atoms. The van der Waals surface area contributed by atoms with Crippen molar-refractivity contribution in [2.75, 3.05) is 21.1 Å². The molecule has 0 aromatic rings. The third-order valence-electron chi connectivity index (χ3n) is 2.30. The van der Waals surface area contributed by atoms with E-state index in [4.69, 9.17) is 0 Å². The molecule has 0 rings (SSSR count). The van der Waals surface area contributed by atoms with Crippen LogP contribution in [0.15, 0.2) is 11.8 Å². The first-order chi connectivity index (χ1) is 6.65. The average Bonchev–Trinajstić information content (AvgIpc) is 2.16. The van der Waals surface area contributed by atoms with E-state index in [0.717, 1.165) is 25.5 Å². The molecule has 0 aromatic carbocycles. The van der Waals surface area contributed by atoms with Crippen LogP contribution < -0.4 is 5.32 Å². The lowest BCUT2D eigenvalue weighted by Crippen LogP contribution is -2.29. The maximum Gasteiger partial charge on any atom is 0.137 e. The monoisotopic (exact) mass is 198 g/mol. The van der Waals surface area contributed by atoms with E-state index in [9.17, 15) is 4.79 Å². The van der Waals surface area contributed by atoms with Gasteiger partial charge in [0.2, 0.25) is 0 Å². The van der Waals surface area contributed by atoms with E-state index in [1.807, 2.05) is 26.0 Å². The first kappa shape index (κ1) is 13.2. The third kappa shape index (κ3) is 5.02. The molecule has 0 spiro atoms. The SMILES string of the molecule is CC/C=C(/CCC(C=O)N(C)C)NC. The fraction of sp³-hybridized carbons (Fsp3) is 0.727. The minimum atomic E-state index is 0.0311. The average molecular weight is 198 g/mol. The van der Waals surface area contributed by atoms with Gasteiger partial charge in [-0.1, -0.05) is 13.0 Å². The molecule has 1 unspecified atom stereocenters. The van der Waals surface area contributed by atoms with Gasteiger partial charge < -0.3 is 10.1 Å². The molecule has 1 atom stereocenters. The molecule has 0 fully saturated rings. The Balaban J connectivity index is 4.00. The second-order valence-electron chi connectivity index (χ2n) is 3.59. The zero-order valence-corrected chi connectivity index (χ0v) is 9.71. The number of carbonyl (C=O) groups is 1. The summed E-state index contributed by atoms with van der Waals surface area (Å²) in [5, 5.41) is 3.15. The van der Waals surface area contributed by atoms with E-state index in [-0.39, 0.29) is 6.04 Å². The van der Waals surface area contributed by atoms with Crippen LogP contribution in [-0.4, -0.2) is 38.4 Å². The molecule has 3 heteroatoms. The number of nitrogens with zero attached hydrogens (tertiary/aromatic N) is 1. The highest BCUT2D eigenvalue weighted by Crippen LogP contribution is 2.07. The van der Waals surface area contributed by atoms with Crippen molar-refractivity contribution in [3.63, 3.8) is 0 Å². The number of allylic oxidation sites excluding steroid dienone is 2. The van der Waals surface area contributed by atoms with Crippen LogP contribution in [0.5, 0.6) is 0 Å². The molecule has 3 nitrogen and oxygen atoms in total. The quantitative estimate of drug-likeness (QED) is 0.628. The summed E-state index contributed by atoms with van der Waals surface area (Å²) in [5.74, 6) is 0. The largest absolute Gasteiger partial charge is 0.392 e. The molecule has 0 aromatic heterocycles. The standard InChI is InChI=1S/C11H22N2O/c1-5-6-10(12-2)7-8-11(9-14)13(3)4/h6,9,11-12H,5,7-8H2,1-4H3/b10-6-. The van der Waals surface area contributed by atoms with Crippen molar-refractivity contribution in [2.24, 2.45) is 0 Å². The highest BCUT2D eigenvalue weighted by atomic mass is 16.1. The van der Waals surface area contributed by atoms with Gasteiger partial charge >= 0.3 is 0 Å². The Morgan fingerprint density at radius 1 is 1.50 bits per heavy atom. The zero-order chi connectivity index (χ0) is 11.0. The minimum Gasteiger partial charge on any atom is -0.392 e. The second kappa shape index (κ2) is 7.56. The normalized spacial score (nSPS) is 14.2. The van der Waals surface area contributed by atoms with Crippen molar-refractivity contribution in [2.45, 2.75) is 32.2 Å². The Labute approximate surface area is 87.2 Å². The summed E-state index contributed by atoms with van der Waals surface area (Å²) in [4.78, 5) is 12.7. The highest BCUT2D eigenvalue weighted by molar-refractivity contribution is 5.57. The molecule has 0 radical (unpaired) electrons. The molecule has 0 saturated carbocycles. The van der Waals surface area contributed by atoms with E-state index in [2.05, 4.69) is 18.3 Å². The first-order valence-corrected chi connectivity index (χ1v) is 5.14. The number of nitrogens with one attached hydrogen (secondary N) is 1. The number of carbonyl (C=O) groups excluding carboxylic acids is 1. The molecule has 1 N–H and O–H groups in total. The van der Waals surface area contributed by atoms with E-state index in [0.29, 0.717) is 0 Å². The number of likely N-dealkylation sites (N-methyl/N-ethyl adjacent to an activating group) is 1. The summed E-state index contributed by atoms with van der Waals surface area (Å²) in [6, 6.07) is 0.0311. The van der Waals surface area contributed by atoms with Crippen molar-refractivity contribution < 1.29 is 4.79 Å². The van der Waals surface area contributed by atoms with Gasteiger partial charge in [-0.3, -0.25) is 4.90 Å². The third-order valence-corrected chi connectivity index (χ3v) is 2.30. The van der Waals surface area contributed by atoms with E-state index in [1.165, 1.54) is 5.70 Å². The molecular weight excluding hydrogens is 176 g/mol. The smallest absolute Gasteiger partial charge is 0.137 e. The van der Waals surface area contributed by atoms with Gasteiger partial charge in [0, 0.05) is 12.7 Å². The zero-order valence-electron chi connectivity index (χ0n) is 9.71. The molecule has 0 saturated heterocycles. The fourth-order valence-electron chi connectivity index (χ4n) is 1.33. The molecule has 0 aliphatic carbocycles. The number of rotatable bonds is 7. The van der Waals surface area contributed by atoms with Crippen molar-refractivity contribution in [3.05, 3.63) is 11.8 Å². The maximum absolute atomic E-state index is 10.7. The van der Waals surface area contributed by atoms with E-state index in [1.54, 1.807) is 0 Å². The van der Waals surface area contributed by atoms with Crippen LogP contribution in [0.4, 0.5) is 0 Å². The number of hydrogen-bond acceptors (Lipinski definition) is 3. The lowest BCUT2D eigenvalue weighted by Gasteiger charge is -2.18. The Hall–Kier alpha value is -0.830. The van der Waals surface area contributed by atoms with Gasteiger partial charge in [-0.15, -0.1) is 0 Å². The van der Waals surface area contributed by atoms with Gasteiger partial charge in [0.1, 0.15) is 6.29 Å². The first-order valence-electron chi connectivity index (χ1n) is 5.14. The van der Waals surface area contributed by atoms with Gasteiger partial charge in [-0.25, -0.2) is 0 Å². The van der Waals surface area contributed by atoms with Gasteiger partial charge in [0.05, 0.1) is 6.04 Å². The summed E-state index contributed by atoms with van der Waals surface area (Å²) in [6.45, 7) is 2.11. The van der Waals surface area contributed by atoms with Crippen LogP contribution in [0.1, 0.15) is 26.2 Å². The van der Waals surface area contributed by atoms with Crippen molar-refractivity contribution in [3.8, 4) is 0 Å². The number of hydrogen-bond donors (Lipinski definition) is 1. The van der Waals surface area contributed by atoms with Crippen LogP contribution in [0, 0.1) is 0 Å². The Kier molecular flexibility index (Phi) is 7.11.